The SMILES string of the molecule is CC(=O)NCCCCCCCc1cn(C(C)C)nn1. The first kappa shape index (κ1) is 15.7. The summed E-state index contributed by atoms with van der Waals surface area (Å²) in [5, 5.41) is 11.1. The Hall–Kier alpha value is -1.39. The Morgan fingerprint density at radius 1 is 1.26 bits per heavy atom. The lowest BCUT2D eigenvalue weighted by atomic mass is 10.1. The van der Waals surface area contributed by atoms with Crippen molar-refractivity contribution in [1.29, 1.82) is 0 Å². The van der Waals surface area contributed by atoms with Crippen LogP contribution in [0.25, 0.3) is 0 Å². The van der Waals surface area contributed by atoms with Gasteiger partial charge in [-0.3, -0.25) is 4.79 Å². The van der Waals surface area contributed by atoms with Crippen LogP contribution in [0.5, 0.6) is 0 Å². The van der Waals surface area contributed by atoms with E-state index < -0.39 is 0 Å². The second-order valence-corrected chi connectivity index (χ2v) is 5.28. The number of carbonyl (C=O) groups is 1. The summed E-state index contributed by atoms with van der Waals surface area (Å²) in [6.45, 7) is 6.57. The highest BCUT2D eigenvalue weighted by atomic mass is 16.1. The van der Waals surface area contributed by atoms with Crippen molar-refractivity contribution in [2.75, 3.05) is 6.54 Å². The van der Waals surface area contributed by atoms with Crippen LogP contribution in [-0.4, -0.2) is 27.4 Å². The Morgan fingerprint density at radius 2 is 1.95 bits per heavy atom. The molecule has 5 heteroatoms. The van der Waals surface area contributed by atoms with Crippen LogP contribution in [-0.2, 0) is 11.2 Å². The number of rotatable bonds is 9. The van der Waals surface area contributed by atoms with Crippen molar-refractivity contribution in [3.8, 4) is 0 Å². The van der Waals surface area contributed by atoms with E-state index in [1.54, 1.807) is 6.92 Å². The van der Waals surface area contributed by atoms with Gasteiger partial charge in [0.05, 0.1) is 5.69 Å². The highest BCUT2D eigenvalue weighted by Crippen LogP contribution is 2.08. The molecule has 0 atom stereocenters. The fourth-order valence-electron chi connectivity index (χ4n) is 1.91. The zero-order valence-electron chi connectivity index (χ0n) is 12.4. The molecule has 1 aromatic heterocycles. The van der Waals surface area contributed by atoms with Crippen LogP contribution in [0.1, 0.15) is 64.6 Å². The average molecular weight is 266 g/mol. The molecule has 0 aliphatic rings. The van der Waals surface area contributed by atoms with Gasteiger partial charge in [0.2, 0.25) is 5.91 Å². The summed E-state index contributed by atoms with van der Waals surface area (Å²) in [7, 11) is 0. The van der Waals surface area contributed by atoms with Crippen molar-refractivity contribution >= 4 is 5.91 Å². The normalized spacial score (nSPS) is 10.9. The van der Waals surface area contributed by atoms with Crippen molar-refractivity contribution < 1.29 is 4.79 Å². The molecule has 0 fully saturated rings. The third-order valence-electron chi connectivity index (χ3n) is 3.07. The van der Waals surface area contributed by atoms with Crippen molar-refractivity contribution in [3.05, 3.63) is 11.9 Å². The molecular weight excluding hydrogens is 240 g/mol. The van der Waals surface area contributed by atoms with Gasteiger partial charge in [0.15, 0.2) is 0 Å². The first-order chi connectivity index (χ1) is 9.09. The number of nitrogens with one attached hydrogen (secondary N) is 1. The zero-order valence-corrected chi connectivity index (χ0v) is 12.4. The van der Waals surface area contributed by atoms with Gasteiger partial charge in [0, 0.05) is 25.7 Å². The molecule has 0 spiro atoms. The maximum absolute atomic E-state index is 10.7. The monoisotopic (exact) mass is 266 g/mol. The van der Waals surface area contributed by atoms with Crippen LogP contribution in [0.15, 0.2) is 6.20 Å². The van der Waals surface area contributed by atoms with E-state index in [1.165, 1.54) is 19.3 Å². The molecule has 5 nitrogen and oxygen atoms in total. The number of amides is 1. The molecule has 0 radical (unpaired) electrons. The molecule has 1 amide bonds. The molecule has 1 heterocycles. The second-order valence-electron chi connectivity index (χ2n) is 5.28. The largest absolute Gasteiger partial charge is 0.356 e. The summed E-state index contributed by atoms with van der Waals surface area (Å²) in [5.41, 5.74) is 1.09. The lowest BCUT2D eigenvalue weighted by Gasteiger charge is -2.02. The number of unbranched alkanes of at least 4 members (excludes halogenated alkanes) is 4. The predicted octanol–water partition coefficient (Wildman–Crippen LogP) is 2.49. The van der Waals surface area contributed by atoms with Gasteiger partial charge in [-0.15, -0.1) is 5.10 Å². The smallest absolute Gasteiger partial charge is 0.216 e. The maximum atomic E-state index is 10.7. The molecule has 19 heavy (non-hydrogen) atoms. The highest BCUT2D eigenvalue weighted by Gasteiger charge is 2.03. The molecule has 0 saturated heterocycles. The number of hydrogen-bond acceptors (Lipinski definition) is 3. The van der Waals surface area contributed by atoms with E-state index in [2.05, 4.69) is 29.5 Å². The summed E-state index contributed by atoms with van der Waals surface area (Å²) in [5.74, 6) is 0.0632. The number of carbonyl (C=O) groups excluding carboxylic acids is 1. The molecule has 0 aliphatic carbocycles. The summed E-state index contributed by atoms with van der Waals surface area (Å²) in [6, 6.07) is 0.384. The average Bonchev–Trinajstić information content (AvgIpc) is 2.81. The Morgan fingerprint density at radius 3 is 2.58 bits per heavy atom. The molecule has 0 aromatic carbocycles. The van der Waals surface area contributed by atoms with Gasteiger partial charge < -0.3 is 5.32 Å². The quantitative estimate of drug-likeness (QED) is 0.699. The molecule has 1 N–H and O–H groups in total. The van der Waals surface area contributed by atoms with E-state index in [-0.39, 0.29) is 5.91 Å². The molecule has 1 rings (SSSR count). The van der Waals surface area contributed by atoms with Crippen LogP contribution in [0, 0.1) is 0 Å². The fraction of sp³-hybridized carbons (Fsp3) is 0.786. The number of hydrogen-bond donors (Lipinski definition) is 1. The van der Waals surface area contributed by atoms with Crippen LogP contribution in [0.3, 0.4) is 0 Å². The van der Waals surface area contributed by atoms with Crippen LogP contribution in [0.2, 0.25) is 0 Å². The van der Waals surface area contributed by atoms with Crippen molar-refractivity contribution in [3.63, 3.8) is 0 Å². The van der Waals surface area contributed by atoms with Crippen LogP contribution in [0.4, 0.5) is 0 Å². The minimum atomic E-state index is 0.0632. The summed E-state index contributed by atoms with van der Waals surface area (Å²) in [4.78, 5) is 10.7. The Labute approximate surface area is 115 Å². The van der Waals surface area contributed by atoms with E-state index in [1.807, 2.05) is 10.9 Å². The van der Waals surface area contributed by atoms with Crippen LogP contribution >= 0.6 is 0 Å². The third-order valence-corrected chi connectivity index (χ3v) is 3.07. The van der Waals surface area contributed by atoms with E-state index in [4.69, 9.17) is 0 Å². The van der Waals surface area contributed by atoms with Gasteiger partial charge in [-0.1, -0.05) is 24.5 Å². The number of aryl methyl sites for hydroxylation is 1. The summed E-state index contributed by atoms with van der Waals surface area (Å²) in [6.07, 6.45) is 8.91. The second kappa shape index (κ2) is 8.67. The molecule has 0 saturated carbocycles. The van der Waals surface area contributed by atoms with Crippen molar-refractivity contribution in [2.45, 2.75) is 65.3 Å². The Balaban J connectivity index is 1.99. The standard InChI is InChI=1S/C14H26N4O/c1-12(2)18-11-14(16-17-18)9-7-5-4-6-8-10-15-13(3)19/h11-12H,4-10H2,1-3H3,(H,15,19). The minimum absolute atomic E-state index is 0.0632. The molecule has 0 bridgehead atoms. The van der Waals surface area contributed by atoms with E-state index in [0.29, 0.717) is 6.04 Å². The van der Waals surface area contributed by atoms with Gasteiger partial charge in [0.1, 0.15) is 0 Å². The first-order valence-electron chi connectivity index (χ1n) is 7.24. The number of aromatic nitrogens is 3. The summed E-state index contributed by atoms with van der Waals surface area (Å²) < 4.78 is 1.91. The highest BCUT2D eigenvalue weighted by molar-refractivity contribution is 5.72. The lowest BCUT2D eigenvalue weighted by Crippen LogP contribution is -2.20. The minimum Gasteiger partial charge on any atom is -0.356 e. The summed E-state index contributed by atoms with van der Waals surface area (Å²) >= 11 is 0. The molecular formula is C14H26N4O. The van der Waals surface area contributed by atoms with E-state index in [0.717, 1.165) is 31.5 Å². The third kappa shape index (κ3) is 6.94. The maximum Gasteiger partial charge on any atom is 0.216 e. The van der Waals surface area contributed by atoms with Gasteiger partial charge in [-0.25, -0.2) is 4.68 Å². The van der Waals surface area contributed by atoms with Crippen molar-refractivity contribution in [1.82, 2.24) is 20.3 Å². The van der Waals surface area contributed by atoms with Gasteiger partial charge in [0.25, 0.3) is 0 Å². The van der Waals surface area contributed by atoms with Gasteiger partial charge >= 0.3 is 0 Å². The lowest BCUT2D eigenvalue weighted by molar-refractivity contribution is -0.118. The Kier molecular flexibility index (Phi) is 7.15. The predicted molar refractivity (Wildman–Crippen MR) is 75.9 cm³/mol. The molecule has 0 unspecified atom stereocenters. The topological polar surface area (TPSA) is 59.8 Å². The van der Waals surface area contributed by atoms with Crippen LogP contribution < -0.4 is 5.32 Å². The van der Waals surface area contributed by atoms with Gasteiger partial charge in [-0.2, -0.15) is 0 Å². The van der Waals surface area contributed by atoms with Gasteiger partial charge in [-0.05, 0) is 33.1 Å². The zero-order chi connectivity index (χ0) is 14.1. The molecule has 0 aliphatic heterocycles. The first-order valence-corrected chi connectivity index (χ1v) is 7.24. The van der Waals surface area contributed by atoms with Crippen molar-refractivity contribution in [2.24, 2.45) is 0 Å². The van der Waals surface area contributed by atoms with E-state index in [9.17, 15) is 4.79 Å². The Bertz CT molecular complexity index is 373. The number of nitrogens with zero attached hydrogens (tertiary/aromatic N) is 3. The fourth-order valence-corrected chi connectivity index (χ4v) is 1.91. The van der Waals surface area contributed by atoms with E-state index >= 15 is 0 Å². The molecule has 108 valence electrons. The molecule has 1 aromatic rings.